The lowest BCUT2D eigenvalue weighted by Crippen LogP contribution is -2.24. The van der Waals surface area contributed by atoms with Gasteiger partial charge in [0, 0.05) is 29.2 Å². The smallest absolute Gasteiger partial charge is 0.200 e. The van der Waals surface area contributed by atoms with Crippen molar-refractivity contribution in [2.24, 2.45) is 0 Å². The van der Waals surface area contributed by atoms with Gasteiger partial charge in [0.15, 0.2) is 0 Å². The van der Waals surface area contributed by atoms with Crippen molar-refractivity contribution in [3.8, 4) is 0 Å². The molecule has 0 aliphatic carbocycles. The largest absolute Gasteiger partial charge is 0.399 e. The van der Waals surface area contributed by atoms with Crippen LogP contribution in [0.2, 0.25) is 0 Å². The number of nitrogens with one attached hydrogen (secondary N) is 1. The third-order valence-corrected chi connectivity index (χ3v) is 4.22. The van der Waals surface area contributed by atoms with Gasteiger partial charge in [0.1, 0.15) is 0 Å². The molecule has 0 fully saturated rings. The predicted octanol–water partition coefficient (Wildman–Crippen LogP) is 1.39. The normalized spacial score (nSPS) is 17.0. The van der Waals surface area contributed by atoms with E-state index >= 15 is 0 Å². The summed E-state index contributed by atoms with van der Waals surface area (Å²) in [5.74, 6) is 0. The fourth-order valence-electron chi connectivity index (χ4n) is 1.81. The van der Waals surface area contributed by atoms with Crippen molar-refractivity contribution in [3.05, 3.63) is 29.2 Å². The van der Waals surface area contributed by atoms with E-state index in [1.807, 2.05) is 13.8 Å². The lowest BCUT2D eigenvalue weighted by Gasteiger charge is -2.09. The molecule has 1 aliphatic rings. The Morgan fingerprint density at radius 1 is 1.35 bits per heavy atom. The Balaban J connectivity index is 2.41. The zero-order chi connectivity index (χ0) is 12.6. The number of anilines is 1. The molecule has 4 nitrogen and oxygen atoms in total. The van der Waals surface area contributed by atoms with Crippen molar-refractivity contribution >= 4 is 21.1 Å². The van der Waals surface area contributed by atoms with Gasteiger partial charge in [-0.15, -0.1) is 0 Å². The summed E-state index contributed by atoms with van der Waals surface area (Å²) in [7, 11) is -3.28. The fourth-order valence-corrected chi connectivity index (χ4v) is 3.28. The first-order valence-corrected chi connectivity index (χ1v) is 7.04. The highest BCUT2D eigenvalue weighted by atomic mass is 32.2. The van der Waals surface area contributed by atoms with E-state index in [1.54, 1.807) is 18.2 Å². The van der Waals surface area contributed by atoms with Crippen molar-refractivity contribution in [1.82, 2.24) is 5.32 Å². The summed E-state index contributed by atoms with van der Waals surface area (Å²) in [4.78, 5) is 0.354. The molecule has 0 saturated carbocycles. The Morgan fingerprint density at radius 3 is 2.71 bits per heavy atom. The molecule has 0 bridgehead atoms. The van der Waals surface area contributed by atoms with Gasteiger partial charge in [-0.25, -0.2) is 8.42 Å². The molecule has 0 radical (unpaired) electrons. The second-order valence-electron chi connectivity index (χ2n) is 4.48. The van der Waals surface area contributed by atoms with Gasteiger partial charge >= 0.3 is 0 Å². The number of hydrogen-bond donors (Lipinski definition) is 2. The molecule has 1 heterocycles. The molecular weight excluding hydrogens is 236 g/mol. The second-order valence-corrected chi connectivity index (χ2v) is 6.24. The molecule has 17 heavy (non-hydrogen) atoms. The molecule has 92 valence electrons. The van der Waals surface area contributed by atoms with Crippen molar-refractivity contribution in [3.63, 3.8) is 0 Å². The van der Waals surface area contributed by atoms with E-state index in [2.05, 4.69) is 5.32 Å². The van der Waals surface area contributed by atoms with E-state index in [0.717, 1.165) is 11.1 Å². The van der Waals surface area contributed by atoms with Crippen LogP contribution in [0.5, 0.6) is 0 Å². The maximum absolute atomic E-state index is 11.9. The molecule has 0 atom stereocenters. The number of nitrogen functional groups attached to an aromatic ring is 1. The quantitative estimate of drug-likeness (QED) is 0.797. The van der Waals surface area contributed by atoms with E-state index in [0.29, 0.717) is 23.2 Å². The van der Waals surface area contributed by atoms with Gasteiger partial charge in [-0.05, 0) is 23.8 Å². The van der Waals surface area contributed by atoms with Crippen LogP contribution in [0.4, 0.5) is 5.69 Å². The molecule has 0 saturated heterocycles. The molecule has 3 N–H and O–H groups in total. The number of nitrogens with two attached hydrogens (primary N) is 1. The maximum Gasteiger partial charge on any atom is 0.200 e. The van der Waals surface area contributed by atoms with Gasteiger partial charge in [-0.3, -0.25) is 0 Å². The average molecular weight is 252 g/mol. The summed E-state index contributed by atoms with van der Waals surface area (Å²) >= 11 is 0. The minimum atomic E-state index is -3.28. The SMILES string of the molecule is CC(C)NCC1=CS(=O)(=O)c2ccc(N)cc21. The number of hydrogen-bond acceptors (Lipinski definition) is 4. The standard InChI is InChI=1S/C12H16N2O2S/c1-8(2)14-6-9-7-17(15,16)12-4-3-10(13)5-11(9)12/h3-5,7-8,14H,6,13H2,1-2H3. The summed E-state index contributed by atoms with van der Waals surface area (Å²) in [5.41, 5.74) is 7.77. The van der Waals surface area contributed by atoms with Crippen LogP contribution in [-0.4, -0.2) is 21.0 Å². The Hall–Kier alpha value is -1.33. The third kappa shape index (κ3) is 2.35. The monoisotopic (exact) mass is 252 g/mol. The molecule has 0 unspecified atom stereocenters. The number of sulfone groups is 1. The van der Waals surface area contributed by atoms with Gasteiger partial charge < -0.3 is 11.1 Å². The molecule has 1 aromatic rings. The average Bonchev–Trinajstić information content (AvgIpc) is 2.47. The lowest BCUT2D eigenvalue weighted by atomic mass is 10.1. The second kappa shape index (κ2) is 4.16. The fraction of sp³-hybridized carbons (Fsp3) is 0.333. The molecule has 0 aromatic heterocycles. The van der Waals surface area contributed by atoms with Crippen LogP contribution in [0.15, 0.2) is 28.5 Å². The molecule has 1 aromatic carbocycles. The minimum Gasteiger partial charge on any atom is -0.399 e. The predicted molar refractivity (Wildman–Crippen MR) is 69.2 cm³/mol. The van der Waals surface area contributed by atoms with E-state index in [1.165, 1.54) is 5.41 Å². The summed E-state index contributed by atoms with van der Waals surface area (Å²) in [6, 6.07) is 5.21. The van der Waals surface area contributed by atoms with E-state index in [4.69, 9.17) is 5.73 Å². The van der Waals surface area contributed by atoms with Crippen LogP contribution >= 0.6 is 0 Å². The van der Waals surface area contributed by atoms with Crippen LogP contribution in [0.25, 0.3) is 5.57 Å². The van der Waals surface area contributed by atoms with Crippen LogP contribution < -0.4 is 11.1 Å². The Morgan fingerprint density at radius 2 is 2.06 bits per heavy atom. The zero-order valence-electron chi connectivity index (χ0n) is 9.90. The first kappa shape index (κ1) is 12.1. The molecule has 2 rings (SSSR count). The van der Waals surface area contributed by atoms with Gasteiger partial charge in [-0.1, -0.05) is 13.8 Å². The van der Waals surface area contributed by atoms with Gasteiger partial charge in [0.05, 0.1) is 4.90 Å². The van der Waals surface area contributed by atoms with Gasteiger partial charge in [0.25, 0.3) is 0 Å². The van der Waals surface area contributed by atoms with Gasteiger partial charge in [0.2, 0.25) is 9.84 Å². The molecule has 0 spiro atoms. The van der Waals surface area contributed by atoms with Crippen molar-refractivity contribution in [2.45, 2.75) is 24.8 Å². The third-order valence-electron chi connectivity index (χ3n) is 2.65. The van der Waals surface area contributed by atoms with Gasteiger partial charge in [-0.2, -0.15) is 0 Å². The zero-order valence-corrected chi connectivity index (χ0v) is 10.7. The molecular formula is C12H16N2O2S. The highest BCUT2D eigenvalue weighted by Gasteiger charge is 2.26. The minimum absolute atomic E-state index is 0.309. The molecule has 1 aliphatic heterocycles. The van der Waals surface area contributed by atoms with E-state index in [9.17, 15) is 8.42 Å². The van der Waals surface area contributed by atoms with Crippen molar-refractivity contribution < 1.29 is 8.42 Å². The summed E-state index contributed by atoms with van der Waals surface area (Å²) in [6.07, 6.45) is 0. The first-order valence-electron chi connectivity index (χ1n) is 5.49. The Bertz CT molecular complexity index is 574. The molecule has 0 amide bonds. The Labute approximate surface area is 101 Å². The summed E-state index contributed by atoms with van der Waals surface area (Å²) in [6.45, 7) is 4.57. The van der Waals surface area contributed by atoms with Crippen LogP contribution in [0, 0.1) is 0 Å². The number of rotatable bonds is 3. The van der Waals surface area contributed by atoms with Crippen molar-refractivity contribution in [2.75, 3.05) is 12.3 Å². The van der Waals surface area contributed by atoms with Crippen molar-refractivity contribution in [1.29, 1.82) is 0 Å². The lowest BCUT2D eigenvalue weighted by molar-refractivity contribution is 0.605. The van der Waals surface area contributed by atoms with E-state index < -0.39 is 9.84 Å². The van der Waals surface area contributed by atoms with Crippen LogP contribution in [0.3, 0.4) is 0 Å². The molecule has 5 heteroatoms. The highest BCUT2D eigenvalue weighted by Crippen LogP contribution is 2.34. The Kier molecular flexibility index (Phi) is 2.97. The maximum atomic E-state index is 11.9. The summed E-state index contributed by atoms with van der Waals surface area (Å²) in [5, 5.41) is 4.54. The first-order chi connectivity index (χ1) is 7.90. The summed E-state index contributed by atoms with van der Waals surface area (Å²) < 4.78 is 23.7. The highest BCUT2D eigenvalue weighted by molar-refractivity contribution is 7.95. The van der Waals surface area contributed by atoms with E-state index in [-0.39, 0.29) is 0 Å². The van der Waals surface area contributed by atoms with Crippen LogP contribution in [-0.2, 0) is 9.84 Å². The van der Waals surface area contributed by atoms with Crippen LogP contribution in [0.1, 0.15) is 19.4 Å². The number of benzene rings is 1. The number of fused-ring (bicyclic) bond motifs is 1. The topological polar surface area (TPSA) is 72.2 Å².